The zero-order valence-electron chi connectivity index (χ0n) is 12.1. The average molecular weight is 307 g/mol. The molecule has 2 aromatic carbocycles. The van der Waals surface area contributed by atoms with Crippen molar-refractivity contribution in [1.29, 1.82) is 0 Å². The molecule has 4 heteroatoms. The van der Waals surface area contributed by atoms with Crippen LogP contribution in [0.4, 0.5) is 4.39 Å². The Balaban J connectivity index is 1.97. The molecule has 0 saturated heterocycles. The molecule has 0 bridgehead atoms. The molecule has 0 aliphatic carbocycles. The second-order valence-electron chi connectivity index (χ2n) is 5.30. The Morgan fingerprint density at radius 1 is 1.19 bits per heavy atom. The predicted molar refractivity (Wildman–Crippen MR) is 85.7 cm³/mol. The fourth-order valence-corrected chi connectivity index (χ4v) is 2.51. The minimum Gasteiger partial charge on any atom is -0.271 e. The summed E-state index contributed by atoms with van der Waals surface area (Å²) in [5, 5.41) is 0.154. The van der Waals surface area contributed by atoms with E-state index in [1.54, 1.807) is 18.2 Å². The molecule has 0 saturated carbocycles. The second kappa shape index (κ2) is 7.55. The second-order valence-corrected chi connectivity index (χ2v) is 5.71. The van der Waals surface area contributed by atoms with Crippen LogP contribution in [0, 0.1) is 12.7 Å². The van der Waals surface area contributed by atoms with Crippen molar-refractivity contribution in [2.45, 2.75) is 32.2 Å². The first-order valence-corrected chi connectivity index (χ1v) is 7.42. The van der Waals surface area contributed by atoms with Crippen molar-refractivity contribution in [3.05, 3.63) is 70.0 Å². The Bertz CT molecular complexity index is 584. The van der Waals surface area contributed by atoms with Gasteiger partial charge in [0.15, 0.2) is 0 Å². The zero-order valence-corrected chi connectivity index (χ0v) is 12.8. The molecule has 3 N–H and O–H groups in total. The van der Waals surface area contributed by atoms with Gasteiger partial charge < -0.3 is 0 Å². The molecular weight excluding hydrogens is 287 g/mol. The molecule has 1 atom stereocenters. The lowest BCUT2D eigenvalue weighted by atomic mass is 9.99. The van der Waals surface area contributed by atoms with Gasteiger partial charge in [-0.1, -0.05) is 53.6 Å². The number of aryl methyl sites for hydroxylation is 2. The summed E-state index contributed by atoms with van der Waals surface area (Å²) in [6.07, 6.45) is 2.26. The van der Waals surface area contributed by atoms with Crippen LogP contribution in [0.3, 0.4) is 0 Å². The first kappa shape index (κ1) is 16.0. The smallest absolute Gasteiger partial charge is 0.145 e. The van der Waals surface area contributed by atoms with Crippen LogP contribution in [0.5, 0.6) is 0 Å². The minimum atomic E-state index is -0.352. The first-order valence-electron chi connectivity index (χ1n) is 7.04. The highest BCUT2D eigenvalue weighted by Crippen LogP contribution is 2.20. The molecule has 2 rings (SSSR count). The van der Waals surface area contributed by atoms with Gasteiger partial charge in [-0.05, 0) is 43.4 Å². The van der Waals surface area contributed by atoms with Gasteiger partial charge in [0.05, 0.1) is 5.02 Å². The maximum atomic E-state index is 13.9. The molecule has 0 spiro atoms. The van der Waals surface area contributed by atoms with Crippen molar-refractivity contribution in [1.82, 2.24) is 5.43 Å². The molecule has 112 valence electrons. The Morgan fingerprint density at radius 2 is 1.90 bits per heavy atom. The van der Waals surface area contributed by atoms with Gasteiger partial charge in [-0.15, -0.1) is 0 Å². The van der Waals surface area contributed by atoms with Crippen molar-refractivity contribution >= 4 is 11.6 Å². The van der Waals surface area contributed by atoms with E-state index < -0.39 is 0 Å². The van der Waals surface area contributed by atoms with Gasteiger partial charge in [0.25, 0.3) is 0 Å². The van der Waals surface area contributed by atoms with E-state index >= 15 is 0 Å². The maximum Gasteiger partial charge on any atom is 0.145 e. The zero-order chi connectivity index (χ0) is 15.2. The first-order chi connectivity index (χ1) is 10.1. The average Bonchev–Trinajstić information content (AvgIpc) is 2.49. The van der Waals surface area contributed by atoms with E-state index in [9.17, 15) is 4.39 Å². The lowest BCUT2D eigenvalue weighted by molar-refractivity contribution is 0.480. The lowest BCUT2D eigenvalue weighted by Gasteiger charge is -2.16. The topological polar surface area (TPSA) is 38.0 Å². The predicted octanol–water partition coefficient (Wildman–Crippen LogP) is 3.79. The van der Waals surface area contributed by atoms with Gasteiger partial charge in [-0.25, -0.2) is 4.39 Å². The highest BCUT2D eigenvalue weighted by atomic mass is 35.5. The summed E-state index contributed by atoms with van der Waals surface area (Å²) in [4.78, 5) is 0. The van der Waals surface area contributed by atoms with Crippen LogP contribution in [0.1, 0.15) is 23.1 Å². The van der Waals surface area contributed by atoms with Crippen LogP contribution in [0.2, 0.25) is 5.02 Å². The van der Waals surface area contributed by atoms with E-state index in [1.165, 1.54) is 11.1 Å². The number of nitrogens with two attached hydrogens (primary N) is 1. The SMILES string of the molecule is Cc1ccc(CCC(Cc2cccc(Cl)c2F)NN)cc1. The van der Waals surface area contributed by atoms with Gasteiger partial charge in [-0.3, -0.25) is 11.3 Å². The number of hydrogen-bond acceptors (Lipinski definition) is 2. The van der Waals surface area contributed by atoms with Gasteiger partial charge in [0.2, 0.25) is 0 Å². The van der Waals surface area contributed by atoms with Crippen molar-refractivity contribution < 1.29 is 4.39 Å². The molecule has 0 radical (unpaired) electrons. The van der Waals surface area contributed by atoms with Gasteiger partial charge in [0.1, 0.15) is 5.82 Å². The van der Waals surface area contributed by atoms with Gasteiger partial charge in [-0.2, -0.15) is 0 Å². The molecule has 0 aliphatic heterocycles. The summed E-state index contributed by atoms with van der Waals surface area (Å²) in [7, 11) is 0. The minimum absolute atomic E-state index is 0.0132. The fraction of sp³-hybridized carbons (Fsp3) is 0.294. The summed E-state index contributed by atoms with van der Waals surface area (Å²) in [5.74, 6) is 5.24. The Hall–Kier alpha value is -1.42. The number of halogens is 2. The molecule has 0 heterocycles. The molecule has 0 amide bonds. The Kier molecular flexibility index (Phi) is 5.74. The standard InChI is InChI=1S/C17H20ClFN2/c1-12-5-7-13(8-6-12)9-10-15(21-20)11-14-3-2-4-16(18)17(14)19/h2-8,15,21H,9-11,20H2,1H3. The largest absolute Gasteiger partial charge is 0.271 e. The highest BCUT2D eigenvalue weighted by Gasteiger charge is 2.13. The highest BCUT2D eigenvalue weighted by molar-refractivity contribution is 6.30. The van der Waals surface area contributed by atoms with Crippen LogP contribution < -0.4 is 11.3 Å². The van der Waals surface area contributed by atoms with Gasteiger partial charge in [0, 0.05) is 6.04 Å². The van der Waals surface area contributed by atoms with Crippen LogP contribution in [0.15, 0.2) is 42.5 Å². The van der Waals surface area contributed by atoms with Crippen LogP contribution in [0.25, 0.3) is 0 Å². The summed E-state index contributed by atoms with van der Waals surface area (Å²) < 4.78 is 13.9. The number of hydrogen-bond donors (Lipinski definition) is 2. The van der Waals surface area contributed by atoms with E-state index in [-0.39, 0.29) is 16.9 Å². The van der Waals surface area contributed by atoms with Crippen molar-refractivity contribution in [3.63, 3.8) is 0 Å². The molecule has 0 aliphatic rings. The lowest BCUT2D eigenvalue weighted by Crippen LogP contribution is -2.37. The summed E-state index contributed by atoms with van der Waals surface area (Å²) in [6, 6.07) is 13.5. The number of benzene rings is 2. The van der Waals surface area contributed by atoms with Crippen molar-refractivity contribution in [2.24, 2.45) is 5.84 Å². The van der Waals surface area contributed by atoms with E-state index in [0.717, 1.165) is 12.8 Å². The molecule has 2 nitrogen and oxygen atoms in total. The van der Waals surface area contributed by atoms with E-state index in [0.29, 0.717) is 12.0 Å². The van der Waals surface area contributed by atoms with Crippen molar-refractivity contribution in [2.75, 3.05) is 0 Å². The number of rotatable bonds is 6. The van der Waals surface area contributed by atoms with Crippen molar-refractivity contribution in [3.8, 4) is 0 Å². The Labute approximate surface area is 130 Å². The Morgan fingerprint density at radius 3 is 2.57 bits per heavy atom. The van der Waals surface area contributed by atoms with Gasteiger partial charge >= 0.3 is 0 Å². The third-order valence-corrected chi connectivity index (χ3v) is 3.93. The molecule has 0 aromatic heterocycles. The monoisotopic (exact) mass is 306 g/mol. The van der Waals surface area contributed by atoms with Crippen LogP contribution >= 0.6 is 11.6 Å². The quantitative estimate of drug-likeness (QED) is 0.629. The normalized spacial score (nSPS) is 12.4. The van der Waals surface area contributed by atoms with Crippen LogP contribution in [-0.2, 0) is 12.8 Å². The summed E-state index contributed by atoms with van der Waals surface area (Å²) in [5.41, 5.74) is 5.86. The molecule has 0 fully saturated rings. The third kappa shape index (κ3) is 4.53. The van der Waals surface area contributed by atoms with E-state index in [2.05, 4.69) is 36.6 Å². The van der Waals surface area contributed by atoms with E-state index in [1.807, 2.05) is 0 Å². The van der Waals surface area contributed by atoms with Crippen LogP contribution in [-0.4, -0.2) is 6.04 Å². The third-order valence-electron chi connectivity index (χ3n) is 3.64. The fourth-order valence-electron chi connectivity index (χ4n) is 2.31. The van der Waals surface area contributed by atoms with E-state index in [4.69, 9.17) is 17.4 Å². The molecule has 1 unspecified atom stereocenters. The molecule has 21 heavy (non-hydrogen) atoms. The summed E-state index contributed by atoms with van der Waals surface area (Å²) in [6.45, 7) is 2.07. The number of hydrazine groups is 1. The maximum absolute atomic E-state index is 13.9. The molecule has 2 aromatic rings. The number of nitrogens with one attached hydrogen (secondary N) is 1. The molecular formula is C17H20ClFN2. The summed E-state index contributed by atoms with van der Waals surface area (Å²) >= 11 is 5.80.